The van der Waals surface area contributed by atoms with Crippen molar-refractivity contribution in [3.05, 3.63) is 28.7 Å². The highest BCUT2D eigenvalue weighted by Crippen LogP contribution is 2.20. The highest BCUT2D eigenvalue weighted by atomic mass is 79.9. The number of methoxy groups -OCH3 is 1. The third-order valence-corrected chi connectivity index (χ3v) is 3.84. The van der Waals surface area contributed by atoms with Crippen molar-refractivity contribution in [2.24, 2.45) is 0 Å². The van der Waals surface area contributed by atoms with E-state index in [1.807, 2.05) is 12.1 Å². The molecule has 1 aliphatic rings. The number of esters is 1. The molecule has 1 heterocycles. The molecular weight excluding hydrogens is 308 g/mol. The zero-order valence-electron chi connectivity index (χ0n) is 11.1. The maximum atomic E-state index is 11.4. The molecule has 1 aromatic carbocycles. The number of nitrogens with zero attached hydrogens (tertiary/aromatic N) is 1. The van der Waals surface area contributed by atoms with E-state index in [1.165, 1.54) is 12.8 Å². The van der Waals surface area contributed by atoms with Gasteiger partial charge in [0.25, 0.3) is 0 Å². The lowest BCUT2D eigenvalue weighted by Crippen LogP contribution is -2.39. The summed E-state index contributed by atoms with van der Waals surface area (Å²) >= 11 is 3.45. The summed E-state index contributed by atoms with van der Waals surface area (Å²) in [4.78, 5) is 13.7. The van der Waals surface area contributed by atoms with Crippen molar-refractivity contribution < 1.29 is 9.53 Å². The number of ether oxygens (including phenoxy) is 1. The molecule has 0 radical (unpaired) electrons. The molecule has 0 bridgehead atoms. The summed E-state index contributed by atoms with van der Waals surface area (Å²) in [5.74, 6) is -0.157. The average Bonchev–Trinajstić information content (AvgIpc) is 2.65. The first-order chi connectivity index (χ1) is 9.19. The van der Waals surface area contributed by atoms with Gasteiger partial charge in [-0.25, -0.2) is 0 Å². The van der Waals surface area contributed by atoms with Crippen LogP contribution in [0.25, 0.3) is 0 Å². The molecule has 0 spiro atoms. The lowest BCUT2D eigenvalue weighted by molar-refractivity contribution is -0.141. The van der Waals surface area contributed by atoms with Gasteiger partial charge < -0.3 is 15.0 Å². The Kier molecular flexibility index (Phi) is 5.22. The maximum absolute atomic E-state index is 11.4. The van der Waals surface area contributed by atoms with Crippen LogP contribution in [0.2, 0.25) is 0 Å². The van der Waals surface area contributed by atoms with Crippen LogP contribution in [0.5, 0.6) is 0 Å². The van der Waals surface area contributed by atoms with E-state index >= 15 is 0 Å². The first-order valence-electron chi connectivity index (χ1n) is 6.50. The summed E-state index contributed by atoms with van der Waals surface area (Å²) in [7, 11) is 1.44. The monoisotopic (exact) mass is 326 g/mol. The van der Waals surface area contributed by atoms with Crippen LogP contribution in [0.3, 0.4) is 0 Å². The lowest BCUT2D eigenvalue weighted by Gasteiger charge is -2.26. The number of carbonyl (C=O) groups is 1. The Labute approximate surface area is 122 Å². The number of rotatable bonds is 3. The molecule has 0 saturated carbocycles. The van der Waals surface area contributed by atoms with Gasteiger partial charge in [-0.1, -0.05) is 15.9 Å². The topological polar surface area (TPSA) is 41.6 Å². The first-order valence-corrected chi connectivity index (χ1v) is 7.29. The molecule has 104 valence electrons. The Hall–Kier alpha value is -1.07. The van der Waals surface area contributed by atoms with Gasteiger partial charge >= 0.3 is 5.97 Å². The van der Waals surface area contributed by atoms with Crippen molar-refractivity contribution in [2.75, 3.05) is 31.6 Å². The van der Waals surface area contributed by atoms with Crippen molar-refractivity contribution in [1.29, 1.82) is 0 Å². The molecule has 1 aliphatic heterocycles. The SMILES string of the molecule is COC(=O)CC1CN(c2ccc(Br)cc2)CCCN1. The molecule has 4 nitrogen and oxygen atoms in total. The van der Waals surface area contributed by atoms with Gasteiger partial charge in [-0.3, -0.25) is 4.79 Å². The number of halogens is 1. The lowest BCUT2D eigenvalue weighted by atomic mass is 10.2. The van der Waals surface area contributed by atoms with Gasteiger partial charge in [0.2, 0.25) is 0 Å². The van der Waals surface area contributed by atoms with E-state index in [9.17, 15) is 4.79 Å². The Bertz CT molecular complexity index is 422. The van der Waals surface area contributed by atoms with Crippen LogP contribution < -0.4 is 10.2 Å². The molecule has 1 saturated heterocycles. The molecule has 1 atom stereocenters. The smallest absolute Gasteiger partial charge is 0.307 e. The molecule has 0 aromatic heterocycles. The molecule has 1 fully saturated rings. The summed E-state index contributed by atoms with van der Waals surface area (Å²) < 4.78 is 5.83. The predicted molar refractivity (Wildman–Crippen MR) is 79.4 cm³/mol. The number of nitrogens with one attached hydrogen (secondary N) is 1. The number of hydrogen-bond acceptors (Lipinski definition) is 4. The van der Waals surface area contributed by atoms with Crippen molar-refractivity contribution >= 4 is 27.6 Å². The third kappa shape index (κ3) is 4.21. The van der Waals surface area contributed by atoms with E-state index in [4.69, 9.17) is 4.74 Å². The third-order valence-electron chi connectivity index (χ3n) is 3.31. The van der Waals surface area contributed by atoms with Gasteiger partial charge in [0.1, 0.15) is 0 Å². The van der Waals surface area contributed by atoms with Gasteiger partial charge in [0.15, 0.2) is 0 Å². The Morgan fingerprint density at radius 3 is 2.89 bits per heavy atom. The van der Waals surface area contributed by atoms with E-state index in [1.54, 1.807) is 0 Å². The molecule has 5 heteroatoms. The van der Waals surface area contributed by atoms with E-state index in [0.29, 0.717) is 6.42 Å². The number of hydrogen-bond donors (Lipinski definition) is 1. The molecule has 0 amide bonds. The second-order valence-corrected chi connectivity index (χ2v) is 5.62. The molecule has 1 N–H and O–H groups in total. The fourth-order valence-corrected chi connectivity index (χ4v) is 2.57. The zero-order valence-corrected chi connectivity index (χ0v) is 12.6. The second-order valence-electron chi connectivity index (χ2n) is 4.71. The second kappa shape index (κ2) is 6.91. The number of anilines is 1. The Balaban J connectivity index is 2.03. The van der Waals surface area contributed by atoms with Gasteiger partial charge in [0.05, 0.1) is 13.5 Å². The van der Waals surface area contributed by atoms with Crippen LogP contribution >= 0.6 is 15.9 Å². The van der Waals surface area contributed by atoms with Gasteiger partial charge in [-0.2, -0.15) is 0 Å². The van der Waals surface area contributed by atoms with Crippen molar-refractivity contribution in [1.82, 2.24) is 5.32 Å². The van der Waals surface area contributed by atoms with Crippen LogP contribution in [-0.4, -0.2) is 38.8 Å². The molecule has 0 aliphatic carbocycles. The van der Waals surface area contributed by atoms with Crippen LogP contribution in [0, 0.1) is 0 Å². The molecular formula is C14H19BrN2O2. The van der Waals surface area contributed by atoms with Crippen LogP contribution in [0.15, 0.2) is 28.7 Å². The Morgan fingerprint density at radius 1 is 1.47 bits per heavy atom. The minimum atomic E-state index is -0.157. The summed E-state index contributed by atoms with van der Waals surface area (Å²) in [6.07, 6.45) is 1.50. The summed E-state index contributed by atoms with van der Waals surface area (Å²) in [5, 5.41) is 3.41. The molecule has 19 heavy (non-hydrogen) atoms. The van der Waals surface area contributed by atoms with Crippen molar-refractivity contribution in [3.8, 4) is 0 Å². The van der Waals surface area contributed by atoms with E-state index in [0.717, 1.165) is 30.5 Å². The quantitative estimate of drug-likeness (QED) is 0.864. The van der Waals surface area contributed by atoms with Gasteiger partial charge in [0, 0.05) is 29.3 Å². The maximum Gasteiger partial charge on any atom is 0.307 e. The van der Waals surface area contributed by atoms with Crippen LogP contribution in [0.1, 0.15) is 12.8 Å². The molecule has 1 aromatic rings. The summed E-state index contributed by atoms with van der Waals surface area (Å²) in [5.41, 5.74) is 1.20. The summed E-state index contributed by atoms with van der Waals surface area (Å²) in [6.45, 7) is 2.78. The standard InChI is InChI=1S/C14H19BrN2O2/c1-19-14(18)9-12-10-17(8-2-7-16-12)13-5-3-11(15)4-6-13/h3-6,12,16H,2,7-10H2,1H3. The normalized spacial score (nSPS) is 19.9. The fourth-order valence-electron chi connectivity index (χ4n) is 2.31. The van der Waals surface area contributed by atoms with Gasteiger partial charge in [-0.05, 0) is 37.2 Å². The highest BCUT2D eigenvalue weighted by Gasteiger charge is 2.20. The minimum Gasteiger partial charge on any atom is -0.469 e. The Morgan fingerprint density at radius 2 is 2.21 bits per heavy atom. The molecule has 2 rings (SSSR count). The van der Waals surface area contributed by atoms with Crippen molar-refractivity contribution in [2.45, 2.75) is 18.9 Å². The highest BCUT2D eigenvalue weighted by molar-refractivity contribution is 9.10. The number of carbonyl (C=O) groups excluding carboxylic acids is 1. The van der Waals surface area contributed by atoms with Gasteiger partial charge in [-0.15, -0.1) is 0 Å². The van der Waals surface area contributed by atoms with Crippen LogP contribution in [0.4, 0.5) is 5.69 Å². The first kappa shape index (κ1) is 14.3. The van der Waals surface area contributed by atoms with Crippen molar-refractivity contribution in [3.63, 3.8) is 0 Å². The van der Waals surface area contributed by atoms with Crippen LogP contribution in [-0.2, 0) is 9.53 Å². The zero-order chi connectivity index (χ0) is 13.7. The van der Waals surface area contributed by atoms with E-state index in [2.05, 4.69) is 38.3 Å². The number of benzene rings is 1. The minimum absolute atomic E-state index is 0.151. The summed E-state index contributed by atoms with van der Waals surface area (Å²) in [6, 6.07) is 8.44. The fraction of sp³-hybridized carbons (Fsp3) is 0.500. The van der Waals surface area contributed by atoms with E-state index < -0.39 is 0 Å². The largest absolute Gasteiger partial charge is 0.469 e. The van der Waals surface area contributed by atoms with E-state index in [-0.39, 0.29) is 12.0 Å². The molecule has 1 unspecified atom stereocenters. The predicted octanol–water partition coefficient (Wildman–Crippen LogP) is 2.18. The average molecular weight is 327 g/mol.